The zero-order valence-corrected chi connectivity index (χ0v) is 13.8. The van der Waals surface area contributed by atoms with E-state index in [9.17, 15) is 8.78 Å². The second-order valence-corrected chi connectivity index (χ2v) is 6.22. The van der Waals surface area contributed by atoms with Crippen LogP contribution in [0.25, 0.3) is 0 Å². The third kappa shape index (κ3) is 3.93. The summed E-state index contributed by atoms with van der Waals surface area (Å²) in [7, 11) is 0. The standard InChI is InChI=1S/C18H23F2N3O/c1-13(16-8-4-5-9-17(16)24-18(19)20)21-12-15-10-11-22-23(15)14-6-2-3-7-14/h4-5,8-11,13-14,18,21H,2-3,6-7,12H2,1H3. The number of alkyl halides is 2. The average molecular weight is 335 g/mol. The van der Waals surface area contributed by atoms with Gasteiger partial charge in [0.25, 0.3) is 0 Å². The molecule has 1 fully saturated rings. The number of ether oxygens (including phenoxy) is 1. The van der Waals surface area contributed by atoms with Gasteiger partial charge >= 0.3 is 6.61 Å². The van der Waals surface area contributed by atoms with Crippen molar-refractivity contribution < 1.29 is 13.5 Å². The van der Waals surface area contributed by atoms with Crippen LogP contribution in [0.1, 0.15) is 55.9 Å². The number of rotatable bonds is 7. The summed E-state index contributed by atoms with van der Waals surface area (Å²) in [5.41, 5.74) is 1.85. The second kappa shape index (κ2) is 7.75. The molecule has 0 radical (unpaired) electrons. The molecule has 2 aromatic rings. The molecule has 1 unspecified atom stereocenters. The highest BCUT2D eigenvalue weighted by molar-refractivity contribution is 5.35. The van der Waals surface area contributed by atoms with Gasteiger partial charge in [0.1, 0.15) is 5.75 Å². The van der Waals surface area contributed by atoms with Crippen molar-refractivity contribution in [2.24, 2.45) is 0 Å². The van der Waals surface area contributed by atoms with Gasteiger partial charge in [-0.15, -0.1) is 0 Å². The Kier molecular flexibility index (Phi) is 5.45. The lowest BCUT2D eigenvalue weighted by atomic mass is 10.1. The minimum absolute atomic E-state index is 0.105. The predicted molar refractivity (Wildman–Crippen MR) is 88.1 cm³/mol. The number of nitrogens with zero attached hydrogens (tertiary/aromatic N) is 2. The van der Waals surface area contributed by atoms with Crippen LogP contribution in [0.15, 0.2) is 36.5 Å². The third-order valence-electron chi connectivity index (χ3n) is 4.61. The topological polar surface area (TPSA) is 39.1 Å². The zero-order chi connectivity index (χ0) is 16.9. The van der Waals surface area contributed by atoms with Crippen LogP contribution < -0.4 is 10.1 Å². The van der Waals surface area contributed by atoms with Gasteiger partial charge in [-0.1, -0.05) is 31.0 Å². The Morgan fingerprint density at radius 1 is 1.25 bits per heavy atom. The summed E-state index contributed by atoms with van der Waals surface area (Å²) in [6.45, 7) is -0.230. The molecule has 0 saturated heterocycles. The fraction of sp³-hybridized carbons (Fsp3) is 0.500. The summed E-state index contributed by atoms with van der Waals surface area (Å²) >= 11 is 0. The Morgan fingerprint density at radius 3 is 2.75 bits per heavy atom. The van der Waals surface area contributed by atoms with Crippen molar-refractivity contribution in [2.75, 3.05) is 0 Å². The first kappa shape index (κ1) is 16.9. The van der Waals surface area contributed by atoms with E-state index in [2.05, 4.69) is 19.8 Å². The largest absolute Gasteiger partial charge is 0.434 e. The monoisotopic (exact) mass is 335 g/mol. The van der Waals surface area contributed by atoms with Crippen molar-refractivity contribution in [3.8, 4) is 5.75 Å². The van der Waals surface area contributed by atoms with Crippen molar-refractivity contribution in [2.45, 2.75) is 57.8 Å². The van der Waals surface area contributed by atoms with Gasteiger partial charge < -0.3 is 10.1 Å². The number of nitrogens with one attached hydrogen (secondary N) is 1. The van der Waals surface area contributed by atoms with E-state index >= 15 is 0 Å². The molecule has 0 spiro atoms. The van der Waals surface area contributed by atoms with Gasteiger partial charge in [0.2, 0.25) is 0 Å². The van der Waals surface area contributed by atoms with E-state index in [0.717, 1.165) is 11.3 Å². The highest BCUT2D eigenvalue weighted by atomic mass is 19.3. The van der Waals surface area contributed by atoms with Crippen molar-refractivity contribution >= 4 is 0 Å². The van der Waals surface area contributed by atoms with Crippen molar-refractivity contribution in [3.63, 3.8) is 0 Å². The molecule has 24 heavy (non-hydrogen) atoms. The lowest BCUT2D eigenvalue weighted by molar-refractivity contribution is -0.0506. The summed E-state index contributed by atoms with van der Waals surface area (Å²) in [5.74, 6) is 0.219. The molecular formula is C18H23F2N3O. The molecular weight excluding hydrogens is 312 g/mol. The molecule has 3 rings (SSSR count). The summed E-state index contributed by atoms with van der Waals surface area (Å²) in [6, 6.07) is 9.30. The fourth-order valence-corrected chi connectivity index (χ4v) is 3.37. The normalized spacial score (nSPS) is 16.7. The number of benzene rings is 1. The Balaban J connectivity index is 1.66. The molecule has 1 aliphatic carbocycles. The summed E-state index contributed by atoms with van der Waals surface area (Å²) < 4.78 is 31.8. The number of hydrogen-bond donors (Lipinski definition) is 1. The molecule has 1 heterocycles. The molecule has 6 heteroatoms. The third-order valence-corrected chi connectivity index (χ3v) is 4.61. The van der Waals surface area contributed by atoms with Crippen molar-refractivity contribution in [1.82, 2.24) is 15.1 Å². The molecule has 1 aliphatic rings. The first-order valence-electron chi connectivity index (χ1n) is 8.44. The number of aromatic nitrogens is 2. The van der Waals surface area contributed by atoms with Crippen LogP contribution in [0.2, 0.25) is 0 Å². The highest BCUT2D eigenvalue weighted by Gasteiger charge is 2.20. The maximum absolute atomic E-state index is 12.5. The van der Waals surface area contributed by atoms with Crippen LogP contribution in [0.5, 0.6) is 5.75 Å². The summed E-state index contributed by atoms with van der Waals surface area (Å²) in [4.78, 5) is 0. The van der Waals surface area contributed by atoms with Gasteiger partial charge in [-0.3, -0.25) is 4.68 Å². The van der Waals surface area contributed by atoms with E-state index in [1.807, 2.05) is 31.3 Å². The van der Waals surface area contributed by atoms with E-state index in [-0.39, 0.29) is 11.8 Å². The van der Waals surface area contributed by atoms with Gasteiger partial charge in [-0.25, -0.2) is 0 Å². The van der Waals surface area contributed by atoms with E-state index in [0.29, 0.717) is 12.6 Å². The molecule has 0 bridgehead atoms. The van der Waals surface area contributed by atoms with Gasteiger partial charge in [-0.05, 0) is 31.9 Å². The molecule has 4 nitrogen and oxygen atoms in total. The van der Waals surface area contributed by atoms with Crippen LogP contribution in [-0.2, 0) is 6.54 Å². The molecule has 1 aromatic heterocycles. The van der Waals surface area contributed by atoms with Crippen molar-refractivity contribution in [3.05, 3.63) is 47.8 Å². The van der Waals surface area contributed by atoms with E-state index in [4.69, 9.17) is 0 Å². The Bertz CT molecular complexity index is 653. The quantitative estimate of drug-likeness (QED) is 0.812. The molecule has 0 aliphatic heterocycles. The van der Waals surface area contributed by atoms with E-state index in [1.165, 1.54) is 25.7 Å². The first-order chi connectivity index (χ1) is 11.6. The average Bonchev–Trinajstić information content (AvgIpc) is 3.23. The molecule has 1 aromatic carbocycles. The van der Waals surface area contributed by atoms with Gasteiger partial charge in [0.05, 0.1) is 11.7 Å². The first-order valence-corrected chi connectivity index (χ1v) is 8.44. The SMILES string of the molecule is CC(NCc1ccnn1C1CCCC1)c1ccccc1OC(F)F. The molecule has 130 valence electrons. The maximum Gasteiger partial charge on any atom is 0.387 e. The lowest BCUT2D eigenvalue weighted by Gasteiger charge is -2.19. The molecule has 1 N–H and O–H groups in total. The Hall–Kier alpha value is -1.95. The summed E-state index contributed by atoms with van der Waals surface area (Å²) in [5, 5.41) is 7.85. The van der Waals surface area contributed by atoms with Gasteiger partial charge in [0, 0.05) is 24.3 Å². The smallest absolute Gasteiger partial charge is 0.387 e. The fourth-order valence-electron chi connectivity index (χ4n) is 3.37. The minimum atomic E-state index is -2.82. The molecule has 1 atom stereocenters. The highest BCUT2D eigenvalue weighted by Crippen LogP contribution is 2.30. The minimum Gasteiger partial charge on any atom is -0.434 e. The Labute approximate surface area is 140 Å². The second-order valence-electron chi connectivity index (χ2n) is 6.22. The summed E-state index contributed by atoms with van der Waals surface area (Å²) in [6.07, 6.45) is 6.69. The number of halogens is 2. The Morgan fingerprint density at radius 2 is 2.00 bits per heavy atom. The van der Waals surface area contributed by atoms with Gasteiger partial charge in [0.15, 0.2) is 0 Å². The molecule has 1 saturated carbocycles. The van der Waals surface area contributed by atoms with Crippen LogP contribution in [0.3, 0.4) is 0 Å². The van der Waals surface area contributed by atoms with Crippen LogP contribution in [-0.4, -0.2) is 16.4 Å². The number of hydrogen-bond acceptors (Lipinski definition) is 3. The molecule has 0 amide bonds. The van der Waals surface area contributed by atoms with E-state index < -0.39 is 6.61 Å². The van der Waals surface area contributed by atoms with Crippen molar-refractivity contribution in [1.29, 1.82) is 0 Å². The van der Waals surface area contributed by atoms with Crippen LogP contribution in [0.4, 0.5) is 8.78 Å². The maximum atomic E-state index is 12.5. The van der Waals surface area contributed by atoms with Crippen LogP contribution in [0, 0.1) is 0 Å². The number of para-hydroxylation sites is 1. The van der Waals surface area contributed by atoms with Gasteiger partial charge in [-0.2, -0.15) is 13.9 Å². The lowest BCUT2D eigenvalue weighted by Crippen LogP contribution is -2.22. The zero-order valence-electron chi connectivity index (χ0n) is 13.8. The van der Waals surface area contributed by atoms with Crippen LogP contribution >= 0.6 is 0 Å². The predicted octanol–water partition coefficient (Wildman–Crippen LogP) is 4.45. The van der Waals surface area contributed by atoms with E-state index in [1.54, 1.807) is 12.1 Å².